The topological polar surface area (TPSA) is 90.3 Å². The predicted molar refractivity (Wildman–Crippen MR) is 57.8 cm³/mol. The molecule has 1 amide bonds. The molecule has 1 aliphatic rings. The van der Waals surface area contributed by atoms with Crippen molar-refractivity contribution in [1.82, 2.24) is 9.62 Å². The highest BCUT2D eigenvalue weighted by Gasteiger charge is 2.35. The molecule has 1 N–H and O–H groups in total. The van der Waals surface area contributed by atoms with E-state index in [9.17, 15) is 13.2 Å². The van der Waals surface area contributed by atoms with Crippen LogP contribution in [0.4, 0.5) is 0 Å². The third kappa shape index (κ3) is 2.71. The predicted octanol–water partition coefficient (Wildman–Crippen LogP) is -0.561. The van der Waals surface area contributed by atoms with Gasteiger partial charge in [0, 0.05) is 26.1 Å². The normalized spacial score (nSPS) is 23.7. The fourth-order valence-corrected chi connectivity index (χ4v) is 2.98. The number of nitrogens with one attached hydrogen (secondary N) is 1. The lowest BCUT2D eigenvalue weighted by Crippen LogP contribution is -2.39. The first-order chi connectivity index (χ1) is 7.37. The average molecular weight is 245 g/mol. The van der Waals surface area contributed by atoms with Crippen molar-refractivity contribution in [2.75, 3.05) is 13.1 Å². The zero-order valence-corrected chi connectivity index (χ0v) is 10.1. The SMILES string of the molecule is CC(=O)NC1CCN(S(=O)(=O)C(C)C#N)C1. The zero-order valence-electron chi connectivity index (χ0n) is 9.30. The van der Waals surface area contributed by atoms with E-state index >= 15 is 0 Å². The lowest BCUT2D eigenvalue weighted by molar-refractivity contribution is -0.119. The van der Waals surface area contributed by atoms with Gasteiger partial charge in [-0.3, -0.25) is 4.79 Å². The van der Waals surface area contributed by atoms with Crippen molar-refractivity contribution < 1.29 is 13.2 Å². The van der Waals surface area contributed by atoms with Crippen LogP contribution in [0.1, 0.15) is 20.3 Å². The summed E-state index contributed by atoms with van der Waals surface area (Å²) < 4.78 is 24.8. The number of hydrogen-bond donors (Lipinski definition) is 1. The Morgan fingerprint density at radius 2 is 2.25 bits per heavy atom. The lowest BCUT2D eigenvalue weighted by atomic mass is 10.3. The van der Waals surface area contributed by atoms with E-state index < -0.39 is 15.3 Å². The molecular weight excluding hydrogens is 230 g/mol. The molecule has 1 fully saturated rings. The average Bonchev–Trinajstić information content (AvgIpc) is 2.64. The van der Waals surface area contributed by atoms with Gasteiger partial charge in [-0.2, -0.15) is 9.57 Å². The van der Waals surface area contributed by atoms with Crippen LogP contribution in [-0.2, 0) is 14.8 Å². The highest BCUT2D eigenvalue weighted by Crippen LogP contribution is 2.17. The number of carbonyl (C=O) groups is 1. The smallest absolute Gasteiger partial charge is 0.230 e. The number of carbonyl (C=O) groups excluding carboxylic acids is 1. The van der Waals surface area contributed by atoms with Crippen molar-refractivity contribution in [2.24, 2.45) is 0 Å². The van der Waals surface area contributed by atoms with E-state index in [1.165, 1.54) is 18.2 Å². The molecule has 90 valence electrons. The fraction of sp³-hybridized carbons (Fsp3) is 0.778. The molecule has 1 rings (SSSR count). The number of sulfonamides is 1. The van der Waals surface area contributed by atoms with Crippen LogP contribution in [0.25, 0.3) is 0 Å². The number of rotatable bonds is 3. The van der Waals surface area contributed by atoms with Gasteiger partial charge in [-0.15, -0.1) is 0 Å². The summed E-state index contributed by atoms with van der Waals surface area (Å²) in [4.78, 5) is 10.8. The lowest BCUT2D eigenvalue weighted by Gasteiger charge is -2.17. The maximum absolute atomic E-state index is 11.8. The summed E-state index contributed by atoms with van der Waals surface area (Å²) in [5, 5.41) is 10.3. The number of amides is 1. The minimum Gasteiger partial charge on any atom is -0.352 e. The van der Waals surface area contributed by atoms with Crippen molar-refractivity contribution in [1.29, 1.82) is 5.26 Å². The van der Waals surface area contributed by atoms with Gasteiger partial charge in [-0.25, -0.2) is 8.42 Å². The summed E-state index contributed by atoms with van der Waals surface area (Å²) in [6.45, 7) is 3.38. The molecule has 0 spiro atoms. The Hall–Kier alpha value is -1.13. The molecule has 1 heterocycles. The van der Waals surface area contributed by atoms with E-state index in [4.69, 9.17) is 5.26 Å². The first-order valence-corrected chi connectivity index (χ1v) is 6.54. The molecule has 1 saturated heterocycles. The monoisotopic (exact) mass is 245 g/mol. The van der Waals surface area contributed by atoms with Gasteiger partial charge >= 0.3 is 0 Å². The standard InChI is InChI=1S/C9H15N3O3S/c1-7(5-10)16(14,15)12-4-3-9(6-12)11-8(2)13/h7,9H,3-4,6H2,1-2H3,(H,11,13). The summed E-state index contributed by atoms with van der Waals surface area (Å²) >= 11 is 0. The molecular formula is C9H15N3O3S. The summed E-state index contributed by atoms with van der Waals surface area (Å²) in [7, 11) is -3.54. The van der Waals surface area contributed by atoms with Crippen LogP contribution < -0.4 is 5.32 Å². The summed E-state index contributed by atoms with van der Waals surface area (Å²) in [6.07, 6.45) is 0.594. The van der Waals surface area contributed by atoms with E-state index in [0.717, 1.165) is 0 Å². The molecule has 7 heteroatoms. The highest BCUT2D eigenvalue weighted by molar-refractivity contribution is 7.89. The van der Waals surface area contributed by atoms with Crippen LogP contribution in [-0.4, -0.2) is 43.0 Å². The van der Waals surface area contributed by atoms with Crippen molar-refractivity contribution in [3.05, 3.63) is 0 Å². The molecule has 0 radical (unpaired) electrons. The fourth-order valence-electron chi connectivity index (χ4n) is 1.65. The van der Waals surface area contributed by atoms with E-state index in [1.54, 1.807) is 6.07 Å². The van der Waals surface area contributed by atoms with Gasteiger partial charge in [0.25, 0.3) is 0 Å². The molecule has 0 aliphatic carbocycles. The second kappa shape index (κ2) is 4.80. The molecule has 0 aromatic carbocycles. The van der Waals surface area contributed by atoms with Gasteiger partial charge in [0.05, 0.1) is 6.07 Å². The minimum absolute atomic E-state index is 0.141. The van der Waals surface area contributed by atoms with Crippen LogP contribution in [0.3, 0.4) is 0 Å². The second-order valence-electron chi connectivity index (χ2n) is 3.86. The summed E-state index contributed by atoms with van der Waals surface area (Å²) in [5.41, 5.74) is 0. The van der Waals surface area contributed by atoms with Crippen molar-refractivity contribution >= 4 is 15.9 Å². The van der Waals surface area contributed by atoms with Gasteiger partial charge in [0.2, 0.25) is 15.9 Å². The highest BCUT2D eigenvalue weighted by atomic mass is 32.2. The molecule has 2 atom stereocenters. The number of nitriles is 1. The third-order valence-electron chi connectivity index (χ3n) is 2.55. The van der Waals surface area contributed by atoms with Crippen LogP contribution in [0.15, 0.2) is 0 Å². The van der Waals surface area contributed by atoms with Crippen molar-refractivity contribution in [3.63, 3.8) is 0 Å². The van der Waals surface area contributed by atoms with Crippen LogP contribution >= 0.6 is 0 Å². The van der Waals surface area contributed by atoms with Crippen LogP contribution in [0, 0.1) is 11.3 Å². The van der Waals surface area contributed by atoms with Crippen molar-refractivity contribution in [3.8, 4) is 6.07 Å². The van der Waals surface area contributed by atoms with Crippen LogP contribution in [0.5, 0.6) is 0 Å². The largest absolute Gasteiger partial charge is 0.352 e. The minimum atomic E-state index is -3.54. The van der Waals surface area contributed by atoms with Gasteiger partial charge in [0.15, 0.2) is 5.25 Å². The van der Waals surface area contributed by atoms with Gasteiger partial charge in [-0.05, 0) is 13.3 Å². The maximum Gasteiger partial charge on any atom is 0.230 e. The van der Waals surface area contributed by atoms with Gasteiger partial charge in [-0.1, -0.05) is 0 Å². The Bertz CT molecular complexity index is 412. The zero-order chi connectivity index (χ0) is 12.3. The van der Waals surface area contributed by atoms with Crippen molar-refractivity contribution in [2.45, 2.75) is 31.6 Å². The van der Waals surface area contributed by atoms with E-state index in [2.05, 4.69) is 5.32 Å². The molecule has 6 nitrogen and oxygen atoms in total. The molecule has 0 saturated carbocycles. The Labute approximate surface area is 95.3 Å². The first-order valence-electron chi connectivity index (χ1n) is 5.03. The molecule has 2 unspecified atom stereocenters. The number of hydrogen-bond acceptors (Lipinski definition) is 4. The first kappa shape index (κ1) is 12.9. The maximum atomic E-state index is 11.8. The van der Waals surface area contributed by atoms with Gasteiger partial charge < -0.3 is 5.32 Å². The second-order valence-corrected chi connectivity index (χ2v) is 6.11. The molecule has 1 aliphatic heterocycles. The Morgan fingerprint density at radius 3 is 2.75 bits per heavy atom. The van der Waals surface area contributed by atoms with Gasteiger partial charge in [0.1, 0.15) is 0 Å². The number of nitrogens with zero attached hydrogens (tertiary/aromatic N) is 2. The Morgan fingerprint density at radius 1 is 1.62 bits per heavy atom. The Balaban J connectivity index is 2.67. The van der Waals surface area contributed by atoms with Crippen LogP contribution in [0.2, 0.25) is 0 Å². The molecule has 0 aromatic heterocycles. The van der Waals surface area contributed by atoms with E-state index in [0.29, 0.717) is 13.0 Å². The Kier molecular flexibility index (Phi) is 3.88. The molecule has 0 aromatic rings. The van der Waals surface area contributed by atoms with E-state index in [-0.39, 0.29) is 18.5 Å². The third-order valence-corrected chi connectivity index (χ3v) is 4.60. The summed E-state index contributed by atoms with van der Waals surface area (Å²) in [6, 6.07) is 1.58. The van der Waals surface area contributed by atoms with E-state index in [1.807, 2.05) is 0 Å². The molecule has 16 heavy (non-hydrogen) atoms. The molecule has 0 bridgehead atoms. The summed E-state index contributed by atoms with van der Waals surface area (Å²) in [5.74, 6) is -0.169. The quantitative estimate of drug-likeness (QED) is 0.721.